The van der Waals surface area contributed by atoms with Crippen molar-refractivity contribution in [3.63, 3.8) is 0 Å². The van der Waals surface area contributed by atoms with Crippen molar-refractivity contribution in [2.24, 2.45) is 0 Å². The van der Waals surface area contributed by atoms with E-state index >= 15 is 0 Å². The number of nitrogens with one attached hydrogen (secondary N) is 2. The van der Waals surface area contributed by atoms with Gasteiger partial charge in [-0.3, -0.25) is 9.76 Å². The molecule has 5 rings (SSSR count). The second-order valence-corrected chi connectivity index (χ2v) is 11.8. The van der Waals surface area contributed by atoms with E-state index in [4.69, 9.17) is 15.0 Å². The predicted molar refractivity (Wildman–Crippen MR) is 134 cm³/mol. The summed E-state index contributed by atoms with van der Waals surface area (Å²) < 4.78 is 21.5. The van der Waals surface area contributed by atoms with Crippen LogP contribution in [0.2, 0.25) is 0 Å². The summed E-state index contributed by atoms with van der Waals surface area (Å²) in [6.07, 6.45) is 3.33. The van der Waals surface area contributed by atoms with Crippen molar-refractivity contribution >= 4 is 37.4 Å². The molecular weight excluding hydrogens is 470 g/mol. The van der Waals surface area contributed by atoms with Crippen LogP contribution in [0, 0.1) is 16.1 Å². The summed E-state index contributed by atoms with van der Waals surface area (Å²) in [5.74, 6) is 0.709. The molecule has 0 bridgehead atoms. The summed E-state index contributed by atoms with van der Waals surface area (Å²) in [7, 11) is -2.46. The lowest BCUT2D eigenvalue weighted by Crippen LogP contribution is -2.39. The van der Waals surface area contributed by atoms with Crippen LogP contribution in [0.25, 0.3) is 27.5 Å². The van der Waals surface area contributed by atoms with E-state index in [9.17, 15) is 4.21 Å². The lowest BCUT2D eigenvalue weighted by atomic mass is 10.1. The Morgan fingerprint density at radius 1 is 1.21 bits per heavy atom. The van der Waals surface area contributed by atoms with Crippen molar-refractivity contribution in [2.45, 2.75) is 19.9 Å². The molecule has 0 aliphatic carbocycles. The molecule has 4 aromatic heterocycles. The van der Waals surface area contributed by atoms with E-state index < -0.39 is 9.73 Å². The molecule has 174 valence electrons. The number of fused-ring (bicyclic) bond motifs is 1. The van der Waals surface area contributed by atoms with Gasteiger partial charge in [0.25, 0.3) is 0 Å². The van der Waals surface area contributed by atoms with Gasteiger partial charge < -0.3 is 10.2 Å². The third kappa shape index (κ3) is 4.32. The van der Waals surface area contributed by atoms with E-state index in [0.717, 1.165) is 38.3 Å². The summed E-state index contributed by atoms with van der Waals surface area (Å²) in [5.41, 5.74) is 4.64. The lowest BCUT2D eigenvalue weighted by Gasteiger charge is -2.26. The molecule has 34 heavy (non-hydrogen) atoms. The highest BCUT2D eigenvalue weighted by molar-refractivity contribution is 7.92. The van der Waals surface area contributed by atoms with E-state index in [1.807, 2.05) is 23.1 Å². The molecule has 1 fully saturated rings. The molecule has 12 heteroatoms. The van der Waals surface area contributed by atoms with E-state index in [1.54, 1.807) is 23.0 Å². The Labute approximate surface area is 201 Å². The highest BCUT2D eigenvalue weighted by Crippen LogP contribution is 2.36. The second-order valence-electron chi connectivity index (χ2n) is 8.42. The van der Waals surface area contributed by atoms with E-state index in [2.05, 4.69) is 40.5 Å². The van der Waals surface area contributed by atoms with E-state index in [0.29, 0.717) is 30.2 Å². The number of anilines is 2. The van der Waals surface area contributed by atoms with Crippen molar-refractivity contribution in [1.29, 1.82) is 10.0 Å². The minimum Gasteiger partial charge on any atom is -0.382 e. The quantitative estimate of drug-likeness (QED) is 0.431. The first-order valence-corrected chi connectivity index (χ1v) is 13.5. The molecule has 0 amide bonds. The minimum absolute atomic E-state index is 0.189. The predicted octanol–water partition coefficient (Wildman–Crippen LogP) is 3.47. The maximum Gasteiger partial charge on any atom is 0.208 e. The topological polar surface area (TPSA) is 136 Å². The molecule has 10 nitrogen and oxygen atoms in total. The normalized spacial score (nSPS) is 15.5. The highest BCUT2D eigenvalue weighted by Gasteiger charge is 2.23. The zero-order valence-corrected chi connectivity index (χ0v) is 20.4. The minimum atomic E-state index is -2.46. The molecule has 0 aromatic carbocycles. The standard InChI is InChI=1S/C22H23N9OS2/c1-14(2)27-18-10-19(20-4-3-16-9-15(11-23)12-26-31(16)20)25-13-17(18)21-28-29-22(33-21)30-5-7-34(24,32)8-6-30/h3-4,9-10,12-14,24H,5-8H2,1-2H3,(H,25,27). The number of hydrogen-bond donors (Lipinski definition) is 2. The van der Waals surface area contributed by atoms with Gasteiger partial charge in [-0.15, -0.1) is 10.2 Å². The van der Waals surface area contributed by atoms with Crippen LogP contribution in [0.1, 0.15) is 19.4 Å². The van der Waals surface area contributed by atoms with Crippen LogP contribution >= 0.6 is 11.3 Å². The lowest BCUT2D eigenvalue weighted by molar-refractivity contribution is 0.663. The Balaban J connectivity index is 1.50. The average molecular weight is 494 g/mol. The first-order chi connectivity index (χ1) is 16.3. The average Bonchev–Trinajstić information content (AvgIpc) is 3.45. The summed E-state index contributed by atoms with van der Waals surface area (Å²) in [6.45, 7) is 5.23. The van der Waals surface area contributed by atoms with Crippen molar-refractivity contribution in [3.05, 3.63) is 42.2 Å². The van der Waals surface area contributed by atoms with Gasteiger partial charge in [-0.05, 0) is 38.1 Å². The summed E-state index contributed by atoms with van der Waals surface area (Å²) in [6, 6.07) is 9.93. The molecule has 4 aromatic rings. The van der Waals surface area contributed by atoms with Crippen LogP contribution < -0.4 is 10.2 Å². The van der Waals surface area contributed by atoms with Gasteiger partial charge in [-0.1, -0.05) is 11.3 Å². The summed E-state index contributed by atoms with van der Waals surface area (Å²) in [5, 5.41) is 27.3. The van der Waals surface area contributed by atoms with Gasteiger partial charge in [-0.25, -0.2) is 8.72 Å². The Morgan fingerprint density at radius 2 is 2.00 bits per heavy atom. The molecule has 5 heterocycles. The van der Waals surface area contributed by atoms with Crippen LogP contribution in [-0.4, -0.2) is 59.6 Å². The van der Waals surface area contributed by atoms with Crippen LogP contribution in [0.5, 0.6) is 0 Å². The van der Waals surface area contributed by atoms with Gasteiger partial charge in [0.1, 0.15) is 6.07 Å². The zero-order chi connectivity index (χ0) is 23.9. The Hall–Kier alpha value is -3.56. The van der Waals surface area contributed by atoms with E-state index in [1.165, 1.54) is 11.3 Å². The molecule has 1 aliphatic rings. The maximum absolute atomic E-state index is 12.0. The summed E-state index contributed by atoms with van der Waals surface area (Å²) in [4.78, 5) is 6.74. The van der Waals surface area contributed by atoms with Crippen LogP contribution in [-0.2, 0) is 9.73 Å². The van der Waals surface area contributed by atoms with Gasteiger partial charge in [-0.2, -0.15) is 10.4 Å². The Bertz CT molecular complexity index is 1500. The van der Waals surface area contributed by atoms with Crippen LogP contribution in [0.4, 0.5) is 10.8 Å². The monoisotopic (exact) mass is 493 g/mol. The zero-order valence-electron chi connectivity index (χ0n) is 18.7. The van der Waals surface area contributed by atoms with Gasteiger partial charge >= 0.3 is 0 Å². The number of nitriles is 1. The SMILES string of the molecule is CC(C)Nc1cc(-c2ccc3cc(C#N)cnn23)ncc1-c1nnc(N2CCS(=N)(=O)CC2)s1. The van der Waals surface area contributed by atoms with Crippen molar-refractivity contribution in [3.8, 4) is 28.0 Å². The Morgan fingerprint density at radius 3 is 2.74 bits per heavy atom. The van der Waals surface area contributed by atoms with Crippen LogP contribution in [0.15, 0.2) is 36.7 Å². The summed E-state index contributed by atoms with van der Waals surface area (Å²) >= 11 is 1.47. The molecule has 0 saturated carbocycles. The molecule has 0 spiro atoms. The molecule has 2 N–H and O–H groups in total. The molecule has 0 unspecified atom stereocenters. The van der Waals surface area contributed by atoms with Gasteiger partial charge in [0, 0.05) is 52.3 Å². The molecular formula is C22H23N9OS2. The smallest absolute Gasteiger partial charge is 0.208 e. The first-order valence-electron chi connectivity index (χ1n) is 10.8. The number of hydrogen-bond acceptors (Lipinski definition) is 10. The van der Waals surface area contributed by atoms with Gasteiger partial charge in [0.15, 0.2) is 5.01 Å². The largest absolute Gasteiger partial charge is 0.382 e. The molecule has 0 radical (unpaired) electrons. The Kier molecular flexibility index (Phi) is 5.66. The fourth-order valence-electron chi connectivity index (χ4n) is 3.82. The fourth-order valence-corrected chi connectivity index (χ4v) is 5.98. The second kappa shape index (κ2) is 8.66. The fraction of sp³-hybridized carbons (Fsp3) is 0.318. The first kappa shape index (κ1) is 22.2. The van der Waals surface area contributed by atoms with E-state index in [-0.39, 0.29) is 6.04 Å². The maximum atomic E-state index is 12.0. The van der Waals surface area contributed by atoms with Gasteiger partial charge in [0.2, 0.25) is 5.13 Å². The third-order valence-electron chi connectivity index (χ3n) is 5.54. The molecule has 0 atom stereocenters. The number of nitrogens with zero attached hydrogens (tertiary/aromatic N) is 7. The molecule has 1 aliphatic heterocycles. The van der Waals surface area contributed by atoms with Crippen molar-refractivity contribution < 1.29 is 4.21 Å². The number of aromatic nitrogens is 5. The number of rotatable bonds is 5. The van der Waals surface area contributed by atoms with Crippen molar-refractivity contribution in [2.75, 3.05) is 34.8 Å². The van der Waals surface area contributed by atoms with Crippen LogP contribution in [0.3, 0.4) is 0 Å². The number of pyridine rings is 1. The highest BCUT2D eigenvalue weighted by atomic mass is 32.2. The van der Waals surface area contributed by atoms with Gasteiger partial charge in [0.05, 0.1) is 34.2 Å². The molecule has 1 saturated heterocycles. The van der Waals surface area contributed by atoms with Crippen molar-refractivity contribution in [1.82, 2.24) is 24.8 Å². The third-order valence-corrected chi connectivity index (χ3v) is 8.24.